The highest BCUT2D eigenvalue weighted by Crippen LogP contribution is 2.39. The number of piperazine rings is 1. The van der Waals surface area contributed by atoms with E-state index in [2.05, 4.69) is 25.1 Å². The largest absolute Gasteiger partial charge is 0.353 e. The summed E-state index contributed by atoms with van der Waals surface area (Å²) in [5.74, 6) is 1.29. The van der Waals surface area contributed by atoms with Crippen molar-refractivity contribution in [3.05, 3.63) is 16.8 Å². The number of amides is 1. The number of nitrogens with zero attached hydrogens (tertiary/aromatic N) is 4. The fourth-order valence-corrected chi connectivity index (χ4v) is 5.57. The number of hydrogen-bond donors (Lipinski definition) is 1. The predicted molar refractivity (Wildman–Crippen MR) is 108 cm³/mol. The fourth-order valence-electron chi connectivity index (χ4n) is 4.35. The first-order chi connectivity index (χ1) is 13.2. The standard InChI is InChI=1S/C20H27N5OS/c1-13(19(26)23-14-6-7-14)24-8-10-25(11-9-24)18-17-15-4-2-3-5-16(15)27-20(17)22-12-21-18/h12-14H,2-11H2,1H3,(H,23,26). The number of aromatic nitrogens is 2. The van der Waals surface area contributed by atoms with Crippen LogP contribution < -0.4 is 10.2 Å². The molecule has 144 valence electrons. The summed E-state index contributed by atoms with van der Waals surface area (Å²) in [4.78, 5) is 29.0. The van der Waals surface area contributed by atoms with E-state index >= 15 is 0 Å². The minimum atomic E-state index is -0.0490. The van der Waals surface area contributed by atoms with Crippen molar-refractivity contribution in [3.8, 4) is 0 Å². The van der Waals surface area contributed by atoms with E-state index in [1.165, 1.54) is 35.1 Å². The molecule has 2 fully saturated rings. The summed E-state index contributed by atoms with van der Waals surface area (Å²) in [7, 11) is 0. The van der Waals surface area contributed by atoms with Gasteiger partial charge in [-0.25, -0.2) is 9.97 Å². The van der Waals surface area contributed by atoms with Gasteiger partial charge in [0.05, 0.1) is 11.4 Å². The molecule has 0 radical (unpaired) electrons. The number of aryl methyl sites for hydroxylation is 2. The predicted octanol–water partition coefficient (Wildman–Crippen LogP) is 2.36. The third kappa shape index (κ3) is 3.31. The molecule has 0 aromatic carbocycles. The molecule has 0 bridgehead atoms. The van der Waals surface area contributed by atoms with Crippen molar-refractivity contribution in [2.24, 2.45) is 0 Å². The van der Waals surface area contributed by atoms with Gasteiger partial charge in [0, 0.05) is 37.1 Å². The third-order valence-corrected chi connectivity index (χ3v) is 7.40. The topological polar surface area (TPSA) is 61.4 Å². The minimum absolute atomic E-state index is 0.0490. The van der Waals surface area contributed by atoms with E-state index in [4.69, 9.17) is 0 Å². The van der Waals surface area contributed by atoms with Crippen LogP contribution in [-0.2, 0) is 17.6 Å². The molecule has 3 heterocycles. The van der Waals surface area contributed by atoms with Crippen LogP contribution in [-0.4, -0.2) is 59.0 Å². The highest BCUT2D eigenvalue weighted by Gasteiger charge is 2.31. The summed E-state index contributed by atoms with van der Waals surface area (Å²) in [6.45, 7) is 5.66. The van der Waals surface area contributed by atoms with Gasteiger partial charge in [0.1, 0.15) is 17.0 Å². The van der Waals surface area contributed by atoms with Gasteiger partial charge in [-0.2, -0.15) is 0 Å². The van der Waals surface area contributed by atoms with Crippen molar-refractivity contribution in [1.82, 2.24) is 20.2 Å². The van der Waals surface area contributed by atoms with Gasteiger partial charge in [0.2, 0.25) is 5.91 Å². The number of carbonyl (C=O) groups is 1. The van der Waals surface area contributed by atoms with Gasteiger partial charge in [-0.3, -0.25) is 9.69 Å². The summed E-state index contributed by atoms with van der Waals surface area (Å²) in [6.07, 6.45) is 8.92. The van der Waals surface area contributed by atoms with E-state index in [-0.39, 0.29) is 11.9 Å². The maximum Gasteiger partial charge on any atom is 0.237 e. The Balaban J connectivity index is 1.32. The van der Waals surface area contributed by atoms with Crippen LogP contribution in [0, 0.1) is 0 Å². The minimum Gasteiger partial charge on any atom is -0.353 e. The van der Waals surface area contributed by atoms with Crippen LogP contribution in [0.2, 0.25) is 0 Å². The van der Waals surface area contributed by atoms with Gasteiger partial charge in [-0.05, 0) is 51.0 Å². The highest BCUT2D eigenvalue weighted by molar-refractivity contribution is 7.19. The summed E-state index contributed by atoms with van der Waals surface area (Å²) in [5, 5.41) is 4.43. The lowest BCUT2D eigenvalue weighted by Gasteiger charge is -2.38. The zero-order valence-corrected chi connectivity index (χ0v) is 16.7. The maximum atomic E-state index is 12.4. The van der Waals surface area contributed by atoms with E-state index < -0.39 is 0 Å². The van der Waals surface area contributed by atoms with Crippen LogP contribution in [0.3, 0.4) is 0 Å². The van der Waals surface area contributed by atoms with E-state index in [0.717, 1.165) is 56.1 Å². The zero-order valence-electron chi connectivity index (χ0n) is 15.9. The SMILES string of the molecule is CC(C(=O)NC1CC1)N1CCN(c2ncnc3sc4c(c23)CCCC4)CC1. The number of anilines is 1. The average Bonchev–Trinajstić information content (AvgIpc) is 3.44. The number of carbonyl (C=O) groups excluding carboxylic acids is 1. The Bertz CT molecular complexity index is 853. The van der Waals surface area contributed by atoms with E-state index in [0.29, 0.717) is 6.04 Å². The molecule has 1 saturated heterocycles. The van der Waals surface area contributed by atoms with Crippen molar-refractivity contribution in [2.45, 2.75) is 57.5 Å². The molecule has 6 nitrogen and oxygen atoms in total. The Hall–Kier alpha value is -1.73. The van der Waals surface area contributed by atoms with E-state index in [1.54, 1.807) is 6.33 Å². The van der Waals surface area contributed by atoms with Crippen molar-refractivity contribution in [1.29, 1.82) is 0 Å². The molecular weight excluding hydrogens is 358 g/mol. The molecule has 0 spiro atoms. The molecule has 7 heteroatoms. The summed E-state index contributed by atoms with van der Waals surface area (Å²) in [5.41, 5.74) is 1.50. The van der Waals surface area contributed by atoms with E-state index in [9.17, 15) is 4.79 Å². The van der Waals surface area contributed by atoms with Gasteiger partial charge in [-0.1, -0.05) is 0 Å². The molecule has 1 N–H and O–H groups in total. The molecule has 1 saturated carbocycles. The number of rotatable bonds is 4. The molecule has 2 aromatic rings. The van der Waals surface area contributed by atoms with Crippen LogP contribution in [0.1, 0.15) is 43.0 Å². The molecule has 1 atom stereocenters. The van der Waals surface area contributed by atoms with Crippen LogP contribution >= 0.6 is 11.3 Å². The number of nitrogens with one attached hydrogen (secondary N) is 1. The van der Waals surface area contributed by atoms with Crippen LogP contribution in [0.15, 0.2) is 6.33 Å². The van der Waals surface area contributed by atoms with Crippen molar-refractivity contribution < 1.29 is 4.79 Å². The molecule has 1 aliphatic heterocycles. The summed E-state index contributed by atoms with van der Waals surface area (Å²) >= 11 is 1.86. The van der Waals surface area contributed by atoms with E-state index in [1.807, 2.05) is 18.3 Å². The Morgan fingerprint density at radius 2 is 1.96 bits per heavy atom. The summed E-state index contributed by atoms with van der Waals surface area (Å²) in [6, 6.07) is 0.382. The highest BCUT2D eigenvalue weighted by atomic mass is 32.1. The zero-order chi connectivity index (χ0) is 18.4. The second-order valence-corrected chi connectivity index (χ2v) is 9.15. The lowest BCUT2D eigenvalue weighted by atomic mass is 9.97. The molecule has 3 aliphatic rings. The van der Waals surface area contributed by atoms with Gasteiger partial charge in [0.15, 0.2) is 0 Å². The second-order valence-electron chi connectivity index (χ2n) is 8.07. The Labute approximate surface area is 164 Å². The first-order valence-corrected chi connectivity index (χ1v) is 11.1. The molecule has 27 heavy (non-hydrogen) atoms. The fraction of sp³-hybridized carbons (Fsp3) is 0.650. The molecule has 5 rings (SSSR count). The van der Waals surface area contributed by atoms with Crippen molar-refractivity contribution in [3.63, 3.8) is 0 Å². The molecular formula is C20H27N5OS. The Morgan fingerprint density at radius 1 is 1.19 bits per heavy atom. The molecule has 2 aliphatic carbocycles. The lowest BCUT2D eigenvalue weighted by molar-refractivity contribution is -0.126. The molecule has 1 amide bonds. The lowest BCUT2D eigenvalue weighted by Crippen LogP contribution is -2.54. The smallest absolute Gasteiger partial charge is 0.237 e. The van der Waals surface area contributed by atoms with Gasteiger partial charge < -0.3 is 10.2 Å². The molecule has 1 unspecified atom stereocenters. The van der Waals surface area contributed by atoms with Crippen molar-refractivity contribution in [2.75, 3.05) is 31.1 Å². The first kappa shape index (κ1) is 17.4. The van der Waals surface area contributed by atoms with Crippen LogP contribution in [0.25, 0.3) is 10.2 Å². The Kier molecular flexibility index (Phi) is 4.52. The van der Waals surface area contributed by atoms with Gasteiger partial charge in [0.25, 0.3) is 0 Å². The van der Waals surface area contributed by atoms with Gasteiger partial charge in [-0.15, -0.1) is 11.3 Å². The molecule has 2 aromatic heterocycles. The van der Waals surface area contributed by atoms with Gasteiger partial charge >= 0.3 is 0 Å². The number of thiophene rings is 1. The quantitative estimate of drug-likeness (QED) is 0.875. The Morgan fingerprint density at radius 3 is 2.74 bits per heavy atom. The number of fused-ring (bicyclic) bond motifs is 3. The average molecular weight is 386 g/mol. The third-order valence-electron chi connectivity index (χ3n) is 6.20. The van der Waals surface area contributed by atoms with Crippen LogP contribution in [0.4, 0.5) is 5.82 Å². The second kappa shape index (κ2) is 7.02. The van der Waals surface area contributed by atoms with Crippen molar-refractivity contribution >= 4 is 33.3 Å². The maximum absolute atomic E-state index is 12.4. The number of hydrogen-bond acceptors (Lipinski definition) is 6. The summed E-state index contributed by atoms with van der Waals surface area (Å²) < 4.78 is 0. The van der Waals surface area contributed by atoms with Crippen LogP contribution in [0.5, 0.6) is 0 Å². The first-order valence-electron chi connectivity index (χ1n) is 10.3. The normalized spacial score (nSPS) is 21.9. The monoisotopic (exact) mass is 385 g/mol.